The Bertz CT molecular complexity index is 480. The first kappa shape index (κ1) is 12.7. The van der Waals surface area contributed by atoms with E-state index in [1.165, 1.54) is 0 Å². The van der Waals surface area contributed by atoms with Crippen molar-refractivity contribution in [2.24, 2.45) is 0 Å². The smallest absolute Gasteiger partial charge is 0.120 e. The summed E-state index contributed by atoms with van der Waals surface area (Å²) in [5, 5.41) is 0. The van der Waals surface area contributed by atoms with Crippen molar-refractivity contribution in [2.75, 3.05) is 6.61 Å². The molecule has 0 radical (unpaired) electrons. The van der Waals surface area contributed by atoms with Crippen LogP contribution < -0.4 is 4.74 Å². The number of ether oxygens (including phenoxy) is 1. The van der Waals surface area contributed by atoms with Gasteiger partial charge in [0, 0.05) is 10.0 Å². The fourth-order valence-electron chi connectivity index (χ4n) is 1.57. The first-order chi connectivity index (χ1) is 8.22. The van der Waals surface area contributed by atoms with Crippen LogP contribution in [0.4, 0.5) is 0 Å². The van der Waals surface area contributed by atoms with Crippen LogP contribution in [-0.2, 0) is 0 Å². The standard InChI is InChI=1S/C13H12Br2O2/c1-2-17-10-3-4-11(12(14)7-10)13(15)9-5-6-16-8-9/h3-8,13H,2H2,1H3. The van der Waals surface area contributed by atoms with Crippen LogP contribution in [0.15, 0.2) is 45.7 Å². The average molecular weight is 360 g/mol. The van der Waals surface area contributed by atoms with E-state index in [2.05, 4.69) is 31.9 Å². The van der Waals surface area contributed by atoms with Crippen molar-refractivity contribution in [1.29, 1.82) is 0 Å². The Morgan fingerprint density at radius 1 is 1.35 bits per heavy atom. The number of benzene rings is 1. The SMILES string of the molecule is CCOc1ccc(C(Br)c2ccoc2)c(Br)c1. The summed E-state index contributed by atoms with van der Waals surface area (Å²) in [7, 11) is 0. The largest absolute Gasteiger partial charge is 0.494 e. The predicted molar refractivity (Wildman–Crippen MR) is 74.8 cm³/mol. The van der Waals surface area contributed by atoms with Crippen molar-refractivity contribution in [3.8, 4) is 5.75 Å². The molecule has 0 saturated heterocycles. The van der Waals surface area contributed by atoms with Crippen LogP contribution in [0.25, 0.3) is 0 Å². The highest BCUT2D eigenvalue weighted by molar-refractivity contribution is 9.11. The van der Waals surface area contributed by atoms with Crippen LogP contribution in [0.5, 0.6) is 5.75 Å². The van der Waals surface area contributed by atoms with E-state index in [0.717, 1.165) is 21.3 Å². The molecule has 0 N–H and O–H groups in total. The van der Waals surface area contributed by atoms with Gasteiger partial charge in [-0.25, -0.2) is 0 Å². The number of halogens is 2. The molecule has 1 unspecified atom stereocenters. The first-order valence-corrected chi connectivity index (χ1v) is 7.01. The molecule has 1 aromatic heterocycles. The second-order valence-electron chi connectivity index (χ2n) is 3.54. The number of furan rings is 1. The Labute approximate surface area is 117 Å². The number of rotatable bonds is 4. The summed E-state index contributed by atoms with van der Waals surface area (Å²) in [6.45, 7) is 2.64. The van der Waals surface area contributed by atoms with E-state index in [0.29, 0.717) is 6.61 Å². The zero-order chi connectivity index (χ0) is 12.3. The van der Waals surface area contributed by atoms with E-state index < -0.39 is 0 Å². The molecule has 2 nitrogen and oxygen atoms in total. The highest BCUT2D eigenvalue weighted by Crippen LogP contribution is 2.37. The minimum Gasteiger partial charge on any atom is -0.494 e. The second kappa shape index (κ2) is 5.74. The van der Waals surface area contributed by atoms with Crippen LogP contribution in [0.1, 0.15) is 22.9 Å². The third kappa shape index (κ3) is 2.93. The zero-order valence-corrected chi connectivity index (χ0v) is 12.5. The number of alkyl halides is 1. The lowest BCUT2D eigenvalue weighted by Crippen LogP contribution is -1.95. The minimum atomic E-state index is 0.117. The maximum absolute atomic E-state index is 5.45. The lowest BCUT2D eigenvalue weighted by Gasteiger charge is -2.12. The van der Waals surface area contributed by atoms with Crippen molar-refractivity contribution >= 4 is 31.9 Å². The van der Waals surface area contributed by atoms with Gasteiger partial charge < -0.3 is 9.15 Å². The van der Waals surface area contributed by atoms with Gasteiger partial charge in [0.15, 0.2) is 0 Å². The number of hydrogen-bond donors (Lipinski definition) is 0. The van der Waals surface area contributed by atoms with E-state index in [9.17, 15) is 0 Å². The Morgan fingerprint density at radius 2 is 2.18 bits per heavy atom. The van der Waals surface area contributed by atoms with Crippen molar-refractivity contribution in [2.45, 2.75) is 11.8 Å². The monoisotopic (exact) mass is 358 g/mol. The van der Waals surface area contributed by atoms with Crippen LogP contribution >= 0.6 is 31.9 Å². The van der Waals surface area contributed by atoms with Gasteiger partial charge in [-0.3, -0.25) is 0 Å². The summed E-state index contributed by atoms with van der Waals surface area (Å²) in [5.74, 6) is 0.870. The molecule has 1 aromatic carbocycles. The second-order valence-corrected chi connectivity index (χ2v) is 5.31. The average Bonchev–Trinajstić information content (AvgIpc) is 2.82. The predicted octanol–water partition coefficient (Wildman–Crippen LogP) is 4.93. The van der Waals surface area contributed by atoms with Crippen LogP contribution in [0.2, 0.25) is 0 Å². The van der Waals surface area contributed by atoms with E-state index in [1.807, 2.05) is 31.2 Å². The van der Waals surface area contributed by atoms with E-state index in [-0.39, 0.29) is 4.83 Å². The Kier molecular flexibility index (Phi) is 4.29. The van der Waals surface area contributed by atoms with Gasteiger partial charge in [0.25, 0.3) is 0 Å². The summed E-state index contributed by atoms with van der Waals surface area (Å²) < 4.78 is 11.6. The minimum absolute atomic E-state index is 0.117. The van der Waals surface area contributed by atoms with Crippen molar-refractivity contribution < 1.29 is 9.15 Å². The normalized spacial score (nSPS) is 12.4. The molecule has 2 aromatic rings. The van der Waals surface area contributed by atoms with Gasteiger partial charge in [0.05, 0.1) is 24.0 Å². The van der Waals surface area contributed by atoms with Gasteiger partial charge >= 0.3 is 0 Å². The zero-order valence-electron chi connectivity index (χ0n) is 9.32. The van der Waals surface area contributed by atoms with Crippen LogP contribution in [-0.4, -0.2) is 6.61 Å². The molecule has 0 bridgehead atoms. The van der Waals surface area contributed by atoms with Crippen molar-refractivity contribution in [3.05, 3.63) is 52.4 Å². The summed E-state index contributed by atoms with van der Waals surface area (Å²) >= 11 is 7.22. The third-order valence-electron chi connectivity index (χ3n) is 2.39. The molecule has 1 heterocycles. The lowest BCUT2D eigenvalue weighted by molar-refractivity contribution is 0.340. The fraction of sp³-hybridized carbons (Fsp3) is 0.231. The lowest BCUT2D eigenvalue weighted by atomic mass is 10.1. The van der Waals surface area contributed by atoms with Crippen molar-refractivity contribution in [3.63, 3.8) is 0 Å². The summed E-state index contributed by atoms with van der Waals surface area (Å²) in [6.07, 6.45) is 3.41. The molecule has 0 aliphatic heterocycles. The molecule has 0 aliphatic carbocycles. The molecule has 1 atom stereocenters. The molecule has 0 saturated carbocycles. The Morgan fingerprint density at radius 3 is 2.76 bits per heavy atom. The molecule has 0 aliphatic rings. The fourth-order valence-corrected chi connectivity index (χ4v) is 3.12. The highest BCUT2D eigenvalue weighted by Gasteiger charge is 2.15. The van der Waals surface area contributed by atoms with Crippen LogP contribution in [0, 0.1) is 0 Å². The molecule has 0 fully saturated rings. The molecule has 90 valence electrons. The van der Waals surface area contributed by atoms with E-state index in [4.69, 9.17) is 9.15 Å². The van der Waals surface area contributed by atoms with Crippen LogP contribution in [0.3, 0.4) is 0 Å². The van der Waals surface area contributed by atoms with Crippen molar-refractivity contribution in [1.82, 2.24) is 0 Å². The topological polar surface area (TPSA) is 22.4 Å². The highest BCUT2D eigenvalue weighted by atomic mass is 79.9. The van der Waals surface area contributed by atoms with Gasteiger partial charge in [0.2, 0.25) is 0 Å². The first-order valence-electron chi connectivity index (χ1n) is 5.30. The summed E-state index contributed by atoms with van der Waals surface area (Å²) in [6, 6.07) is 7.94. The molecule has 2 rings (SSSR count). The maximum Gasteiger partial charge on any atom is 0.120 e. The molecule has 0 amide bonds. The van der Waals surface area contributed by atoms with Gasteiger partial charge in [-0.15, -0.1) is 0 Å². The Balaban J connectivity index is 2.27. The Hall–Kier alpha value is -0.740. The van der Waals surface area contributed by atoms with Gasteiger partial charge in [-0.2, -0.15) is 0 Å². The summed E-state index contributed by atoms with van der Waals surface area (Å²) in [5.41, 5.74) is 2.24. The van der Waals surface area contributed by atoms with E-state index >= 15 is 0 Å². The third-order valence-corrected chi connectivity index (χ3v) is 4.10. The number of hydrogen-bond acceptors (Lipinski definition) is 2. The van der Waals surface area contributed by atoms with Gasteiger partial charge in [-0.1, -0.05) is 37.9 Å². The molecule has 4 heteroatoms. The molecule has 17 heavy (non-hydrogen) atoms. The maximum atomic E-state index is 5.45. The molecular weight excluding hydrogens is 348 g/mol. The van der Waals surface area contributed by atoms with Gasteiger partial charge in [-0.05, 0) is 30.7 Å². The molecular formula is C13H12Br2O2. The quantitative estimate of drug-likeness (QED) is 0.722. The summed E-state index contributed by atoms with van der Waals surface area (Å²) in [4.78, 5) is 0.117. The van der Waals surface area contributed by atoms with E-state index in [1.54, 1.807) is 12.5 Å². The van der Waals surface area contributed by atoms with Gasteiger partial charge in [0.1, 0.15) is 5.75 Å². The molecule has 0 spiro atoms.